The zero-order valence-electron chi connectivity index (χ0n) is 14.6. The van der Waals surface area contributed by atoms with Gasteiger partial charge in [-0.25, -0.2) is 4.79 Å². The lowest BCUT2D eigenvalue weighted by Gasteiger charge is -2.07. The molecule has 0 atom stereocenters. The summed E-state index contributed by atoms with van der Waals surface area (Å²) in [6.45, 7) is 0.441. The molecule has 0 unspecified atom stereocenters. The molecule has 3 aromatic rings. The van der Waals surface area contributed by atoms with E-state index < -0.39 is 0 Å². The maximum atomic E-state index is 12.1. The van der Waals surface area contributed by atoms with Crippen LogP contribution in [0.3, 0.4) is 0 Å². The lowest BCUT2D eigenvalue weighted by molar-refractivity contribution is -0.116. The largest absolute Gasteiger partial charge is 0.351 e. The summed E-state index contributed by atoms with van der Waals surface area (Å²) < 4.78 is 3.11. The standard InChI is InChI=1S/C18H20N4O3S/c1-21-13-8-7-12(11-14(13)22(2)18(21)25)20-16(23)6-3-9-19-17(24)15-5-4-10-26-15/h4-5,7-8,10-11H,3,6,9H2,1-2H3,(H,19,24)(H,20,23). The molecule has 0 bridgehead atoms. The molecule has 0 saturated carbocycles. The van der Waals surface area contributed by atoms with E-state index >= 15 is 0 Å². The van der Waals surface area contributed by atoms with Crippen molar-refractivity contribution in [2.24, 2.45) is 14.1 Å². The number of aryl methyl sites for hydroxylation is 2. The van der Waals surface area contributed by atoms with E-state index in [-0.39, 0.29) is 17.5 Å². The molecule has 0 aliphatic carbocycles. The topological polar surface area (TPSA) is 85.1 Å². The van der Waals surface area contributed by atoms with Crippen molar-refractivity contribution < 1.29 is 9.59 Å². The molecular formula is C18H20N4O3S. The number of carbonyl (C=O) groups excluding carboxylic acids is 2. The van der Waals surface area contributed by atoms with Crippen LogP contribution in [-0.2, 0) is 18.9 Å². The first kappa shape index (κ1) is 17.9. The molecule has 136 valence electrons. The minimum atomic E-state index is -0.129. The van der Waals surface area contributed by atoms with E-state index in [0.29, 0.717) is 30.0 Å². The van der Waals surface area contributed by atoms with Crippen LogP contribution < -0.4 is 16.3 Å². The third-order valence-corrected chi connectivity index (χ3v) is 5.04. The lowest BCUT2D eigenvalue weighted by atomic mass is 10.2. The van der Waals surface area contributed by atoms with E-state index in [9.17, 15) is 14.4 Å². The van der Waals surface area contributed by atoms with E-state index in [1.165, 1.54) is 11.3 Å². The molecular weight excluding hydrogens is 352 g/mol. The molecule has 0 fully saturated rings. The molecule has 0 spiro atoms. The Labute approximate surface area is 154 Å². The van der Waals surface area contributed by atoms with Crippen molar-refractivity contribution in [3.05, 3.63) is 51.1 Å². The lowest BCUT2D eigenvalue weighted by Crippen LogP contribution is -2.24. The summed E-state index contributed by atoms with van der Waals surface area (Å²) >= 11 is 1.38. The first-order chi connectivity index (χ1) is 12.5. The summed E-state index contributed by atoms with van der Waals surface area (Å²) in [5.41, 5.74) is 2.11. The maximum Gasteiger partial charge on any atom is 0.328 e. The van der Waals surface area contributed by atoms with Crippen molar-refractivity contribution in [1.82, 2.24) is 14.5 Å². The van der Waals surface area contributed by atoms with Crippen molar-refractivity contribution in [2.45, 2.75) is 12.8 Å². The number of fused-ring (bicyclic) bond motifs is 1. The van der Waals surface area contributed by atoms with Gasteiger partial charge in [-0.15, -0.1) is 11.3 Å². The summed E-state index contributed by atoms with van der Waals surface area (Å²) in [6.07, 6.45) is 0.853. The fourth-order valence-corrected chi connectivity index (χ4v) is 3.39. The van der Waals surface area contributed by atoms with Gasteiger partial charge in [0.1, 0.15) is 0 Å². The van der Waals surface area contributed by atoms with Gasteiger partial charge in [0.15, 0.2) is 0 Å². The van der Waals surface area contributed by atoms with Gasteiger partial charge in [-0.2, -0.15) is 0 Å². The van der Waals surface area contributed by atoms with Crippen LogP contribution in [0.5, 0.6) is 0 Å². The average molecular weight is 372 g/mol. The number of amides is 2. The van der Waals surface area contributed by atoms with Crippen LogP contribution in [0.1, 0.15) is 22.5 Å². The van der Waals surface area contributed by atoms with Crippen molar-refractivity contribution in [1.29, 1.82) is 0 Å². The first-order valence-corrected chi connectivity index (χ1v) is 9.12. The van der Waals surface area contributed by atoms with Gasteiger partial charge in [0, 0.05) is 32.7 Å². The summed E-state index contributed by atoms with van der Waals surface area (Å²) in [5.74, 6) is -0.244. The number of hydrogen-bond donors (Lipinski definition) is 2. The molecule has 0 aliphatic heterocycles. The van der Waals surface area contributed by atoms with E-state index in [1.54, 1.807) is 41.4 Å². The Hall–Kier alpha value is -2.87. The van der Waals surface area contributed by atoms with E-state index in [4.69, 9.17) is 0 Å². The number of hydrogen-bond acceptors (Lipinski definition) is 4. The number of nitrogens with one attached hydrogen (secondary N) is 2. The van der Waals surface area contributed by atoms with Crippen LogP contribution in [0.2, 0.25) is 0 Å². The number of benzene rings is 1. The average Bonchev–Trinajstić information content (AvgIpc) is 3.24. The Bertz CT molecular complexity index is 1000. The number of imidazole rings is 1. The fraction of sp³-hybridized carbons (Fsp3) is 0.278. The minimum absolute atomic E-state index is 0.107. The monoisotopic (exact) mass is 372 g/mol. The zero-order chi connectivity index (χ0) is 18.7. The molecule has 8 heteroatoms. The van der Waals surface area contributed by atoms with Gasteiger partial charge >= 0.3 is 5.69 Å². The van der Waals surface area contributed by atoms with Crippen molar-refractivity contribution in [3.63, 3.8) is 0 Å². The number of anilines is 1. The van der Waals surface area contributed by atoms with Crippen molar-refractivity contribution >= 4 is 39.9 Å². The normalized spacial score (nSPS) is 10.8. The third kappa shape index (κ3) is 3.70. The quantitative estimate of drug-likeness (QED) is 0.650. The predicted molar refractivity (Wildman–Crippen MR) is 103 cm³/mol. The second-order valence-electron chi connectivity index (χ2n) is 5.99. The smallest absolute Gasteiger partial charge is 0.328 e. The van der Waals surface area contributed by atoms with Crippen LogP contribution in [0.25, 0.3) is 11.0 Å². The van der Waals surface area contributed by atoms with Crippen molar-refractivity contribution in [2.75, 3.05) is 11.9 Å². The number of aromatic nitrogens is 2. The van der Waals surface area contributed by atoms with E-state index in [2.05, 4.69) is 10.6 Å². The molecule has 3 rings (SSSR count). The zero-order valence-corrected chi connectivity index (χ0v) is 15.4. The Morgan fingerprint density at radius 2 is 1.88 bits per heavy atom. The summed E-state index contributed by atoms with van der Waals surface area (Å²) in [4.78, 5) is 36.5. The van der Waals surface area contributed by atoms with Crippen LogP contribution in [-0.4, -0.2) is 27.5 Å². The van der Waals surface area contributed by atoms with Gasteiger partial charge in [-0.1, -0.05) is 6.07 Å². The summed E-state index contributed by atoms with van der Waals surface area (Å²) in [7, 11) is 3.42. The molecule has 0 saturated heterocycles. The Morgan fingerprint density at radius 1 is 1.12 bits per heavy atom. The molecule has 26 heavy (non-hydrogen) atoms. The molecule has 2 amide bonds. The van der Waals surface area contributed by atoms with Crippen molar-refractivity contribution in [3.8, 4) is 0 Å². The second-order valence-corrected chi connectivity index (χ2v) is 6.94. The minimum Gasteiger partial charge on any atom is -0.351 e. The third-order valence-electron chi connectivity index (χ3n) is 4.17. The van der Waals surface area contributed by atoms with Gasteiger partial charge < -0.3 is 10.6 Å². The van der Waals surface area contributed by atoms with Gasteiger partial charge in [0.05, 0.1) is 15.9 Å². The van der Waals surface area contributed by atoms with Gasteiger partial charge in [-0.3, -0.25) is 18.7 Å². The van der Waals surface area contributed by atoms with Gasteiger partial charge in [0.2, 0.25) is 5.91 Å². The second kappa shape index (κ2) is 7.57. The van der Waals surface area contributed by atoms with E-state index in [1.807, 2.05) is 17.5 Å². The maximum absolute atomic E-state index is 12.1. The number of carbonyl (C=O) groups is 2. The highest BCUT2D eigenvalue weighted by atomic mass is 32.1. The van der Waals surface area contributed by atoms with Crippen LogP contribution in [0.4, 0.5) is 5.69 Å². The highest BCUT2D eigenvalue weighted by Gasteiger charge is 2.10. The van der Waals surface area contributed by atoms with Crippen LogP contribution >= 0.6 is 11.3 Å². The molecule has 0 aliphatic rings. The number of thiophene rings is 1. The van der Waals surface area contributed by atoms with Crippen LogP contribution in [0, 0.1) is 0 Å². The molecule has 2 aromatic heterocycles. The Balaban J connectivity index is 1.52. The van der Waals surface area contributed by atoms with Gasteiger partial charge in [0.25, 0.3) is 5.91 Å². The SMILES string of the molecule is Cn1c(=O)n(C)c2cc(NC(=O)CCCNC(=O)c3cccs3)ccc21. The van der Waals surface area contributed by atoms with Gasteiger partial charge in [-0.05, 0) is 36.1 Å². The Kier molecular flexibility index (Phi) is 5.22. The number of nitrogens with zero attached hydrogens (tertiary/aromatic N) is 2. The Morgan fingerprint density at radius 3 is 2.62 bits per heavy atom. The predicted octanol–water partition coefficient (Wildman–Crippen LogP) is 2.09. The fourth-order valence-electron chi connectivity index (χ4n) is 2.75. The highest BCUT2D eigenvalue weighted by molar-refractivity contribution is 7.12. The number of rotatable bonds is 6. The molecule has 2 N–H and O–H groups in total. The highest BCUT2D eigenvalue weighted by Crippen LogP contribution is 2.17. The molecule has 2 heterocycles. The van der Waals surface area contributed by atoms with Crippen LogP contribution in [0.15, 0.2) is 40.5 Å². The molecule has 1 aromatic carbocycles. The summed E-state index contributed by atoms with van der Waals surface area (Å²) in [5, 5.41) is 7.48. The van der Waals surface area contributed by atoms with E-state index in [0.717, 1.165) is 11.0 Å². The first-order valence-electron chi connectivity index (χ1n) is 8.24. The molecule has 0 radical (unpaired) electrons. The molecule has 7 nitrogen and oxygen atoms in total. The summed E-state index contributed by atoms with van der Waals surface area (Å²) in [6, 6.07) is 8.96.